The molecule has 37 heavy (non-hydrogen) atoms. The van der Waals surface area contributed by atoms with Crippen LogP contribution in [0.5, 0.6) is 5.75 Å². The molecule has 0 N–H and O–H groups in total. The molecule has 1 aromatic heterocycles. The largest absolute Gasteiger partial charge is 0.476 e. The van der Waals surface area contributed by atoms with Crippen LogP contribution >= 0.6 is 11.3 Å². The minimum Gasteiger partial charge on any atom is -0.476 e. The second-order valence-corrected chi connectivity index (χ2v) is 11.2. The fraction of sp³-hybridized carbons (Fsp3) is 0.393. The molecule has 0 saturated heterocycles. The van der Waals surface area contributed by atoms with E-state index in [1.807, 2.05) is 12.1 Å². The van der Waals surface area contributed by atoms with E-state index in [9.17, 15) is 22.8 Å². The highest BCUT2D eigenvalue weighted by atomic mass is 32.1. The molecular formula is C28H30F3NO4S. The highest BCUT2D eigenvalue weighted by molar-refractivity contribution is 7.17. The molecule has 0 bridgehead atoms. The Balaban J connectivity index is 1.61. The van der Waals surface area contributed by atoms with E-state index in [0.29, 0.717) is 33.3 Å². The third-order valence-electron chi connectivity index (χ3n) is 5.34. The van der Waals surface area contributed by atoms with Gasteiger partial charge in [0.1, 0.15) is 16.4 Å². The Labute approximate surface area is 218 Å². The van der Waals surface area contributed by atoms with E-state index in [1.165, 1.54) is 23.5 Å². The molecule has 0 radical (unpaired) electrons. The Bertz CT molecular complexity index is 1250. The first-order valence-electron chi connectivity index (χ1n) is 11.7. The maximum absolute atomic E-state index is 12.9. The van der Waals surface area contributed by atoms with Crippen LogP contribution in [0.25, 0.3) is 10.6 Å². The molecule has 1 heterocycles. The van der Waals surface area contributed by atoms with E-state index in [4.69, 9.17) is 9.47 Å². The van der Waals surface area contributed by atoms with Gasteiger partial charge in [0.2, 0.25) is 0 Å². The van der Waals surface area contributed by atoms with E-state index in [1.54, 1.807) is 53.7 Å². The molecule has 3 aromatic rings. The monoisotopic (exact) mass is 533 g/mol. The molecule has 0 aliphatic carbocycles. The van der Waals surface area contributed by atoms with Crippen molar-refractivity contribution in [3.05, 3.63) is 70.2 Å². The Hall–Kier alpha value is -3.20. The van der Waals surface area contributed by atoms with Gasteiger partial charge in [-0.25, -0.2) is 9.78 Å². The maximum atomic E-state index is 12.9. The second kappa shape index (κ2) is 10.7. The Morgan fingerprint density at radius 2 is 1.51 bits per heavy atom. The number of Topliss-reactive ketones (excluding diaryl/α,β-unsaturated/α-hetero) is 1. The van der Waals surface area contributed by atoms with E-state index in [2.05, 4.69) is 4.98 Å². The molecule has 5 nitrogen and oxygen atoms in total. The number of ether oxygens (including phenoxy) is 2. The van der Waals surface area contributed by atoms with Gasteiger partial charge in [-0.3, -0.25) is 4.79 Å². The summed E-state index contributed by atoms with van der Waals surface area (Å²) in [5, 5.41) is 0.503. The van der Waals surface area contributed by atoms with Gasteiger partial charge in [0, 0.05) is 12.0 Å². The smallest absolute Gasteiger partial charge is 0.416 e. The molecule has 0 unspecified atom stereocenters. The van der Waals surface area contributed by atoms with Crippen molar-refractivity contribution >= 4 is 23.1 Å². The van der Waals surface area contributed by atoms with Crippen LogP contribution in [0.2, 0.25) is 0 Å². The average molecular weight is 534 g/mol. The fourth-order valence-electron chi connectivity index (χ4n) is 3.41. The lowest BCUT2D eigenvalue weighted by molar-refractivity contribution is -0.170. The van der Waals surface area contributed by atoms with Crippen LogP contribution in [-0.2, 0) is 22.1 Å². The van der Waals surface area contributed by atoms with Gasteiger partial charge in [-0.05, 0) is 77.8 Å². The van der Waals surface area contributed by atoms with Crippen molar-refractivity contribution in [1.29, 1.82) is 0 Å². The maximum Gasteiger partial charge on any atom is 0.416 e. The number of rotatable bonds is 8. The molecule has 0 aliphatic rings. The SMILES string of the molecule is Cc1nc(-c2ccc(C(F)(F)F)cc2)sc1C(=O)CCc1ccc(OC(C)(C)C(=O)OC(C)(C)C)cc1. The van der Waals surface area contributed by atoms with Crippen molar-refractivity contribution in [2.24, 2.45) is 0 Å². The summed E-state index contributed by atoms with van der Waals surface area (Å²) in [5.74, 6) is -0.0461. The van der Waals surface area contributed by atoms with Crippen molar-refractivity contribution < 1.29 is 32.2 Å². The number of aryl methyl sites for hydroxylation is 2. The molecule has 0 amide bonds. The molecule has 2 aromatic carbocycles. The van der Waals surface area contributed by atoms with Gasteiger partial charge in [-0.1, -0.05) is 24.3 Å². The van der Waals surface area contributed by atoms with Gasteiger partial charge in [0.15, 0.2) is 11.4 Å². The van der Waals surface area contributed by atoms with Crippen LogP contribution in [0, 0.1) is 6.92 Å². The number of esters is 1. The first-order valence-corrected chi connectivity index (χ1v) is 12.6. The summed E-state index contributed by atoms with van der Waals surface area (Å²) in [4.78, 5) is 30.1. The molecule has 0 spiro atoms. The van der Waals surface area contributed by atoms with E-state index in [-0.39, 0.29) is 12.2 Å². The summed E-state index contributed by atoms with van der Waals surface area (Å²) in [6, 6.07) is 11.9. The lowest BCUT2D eigenvalue weighted by Crippen LogP contribution is -2.43. The predicted octanol–water partition coefficient (Wildman–Crippen LogP) is 7.45. The fourth-order valence-corrected chi connectivity index (χ4v) is 4.45. The zero-order valence-electron chi connectivity index (χ0n) is 21.7. The molecule has 0 saturated carbocycles. The zero-order valence-corrected chi connectivity index (χ0v) is 22.5. The second-order valence-electron chi connectivity index (χ2n) is 10.2. The Morgan fingerprint density at radius 1 is 0.919 bits per heavy atom. The van der Waals surface area contributed by atoms with E-state index >= 15 is 0 Å². The number of halogens is 3. The lowest BCUT2D eigenvalue weighted by atomic mass is 10.1. The van der Waals surface area contributed by atoms with Gasteiger partial charge in [-0.2, -0.15) is 13.2 Å². The molecular weight excluding hydrogens is 503 g/mol. The van der Waals surface area contributed by atoms with Crippen molar-refractivity contribution in [3.63, 3.8) is 0 Å². The highest BCUT2D eigenvalue weighted by Gasteiger charge is 2.35. The topological polar surface area (TPSA) is 65.5 Å². The van der Waals surface area contributed by atoms with E-state index < -0.39 is 28.9 Å². The minimum absolute atomic E-state index is 0.0838. The van der Waals surface area contributed by atoms with Crippen LogP contribution in [-0.4, -0.2) is 27.9 Å². The van der Waals surface area contributed by atoms with Crippen molar-refractivity contribution in [1.82, 2.24) is 4.98 Å². The number of ketones is 1. The first-order chi connectivity index (χ1) is 17.0. The Kier molecular flexibility index (Phi) is 8.17. The minimum atomic E-state index is -4.41. The Morgan fingerprint density at radius 3 is 2.05 bits per heavy atom. The van der Waals surface area contributed by atoms with Gasteiger partial charge >= 0.3 is 12.1 Å². The van der Waals surface area contributed by atoms with Crippen LogP contribution < -0.4 is 4.74 Å². The molecule has 9 heteroatoms. The number of carbonyl (C=O) groups is 2. The summed E-state index contributed by atoms with van der Waals surface area (Å²) < 4.78 is 49.7. The number of hydrogen-bond acceptors (Lipinski definition) is 6. The van der Waals surface area contributed by atoms with Crippen LogP contribution in [0.3, 0.4) is 0 Å². The summed E-state index contributed by atoms with van der Waals surface area (Å²) in [7, 11) is 0. The third-order valence-corrected chi connectivity index (χ3v) is 6.58. The molecule has 3 rings (SSSR count). The summed E-state index contributed by atoms with van der Waals surface area (Å²) in [5.41, 5.74) is -0.517. The van der Waals surface area contributed by atoms with Crippen LogP contribution in [0.1, 0.15) is 67.5 Å². The predicted molar refractivity (Wildman–Crippen MR) is 137 cm³/mol. The van der Waals surface area contributed by atoms with Gasteiger partial charge < -0.3 is 9.47 Å². The molecule has 0 aliphatic heterocycles. The number of carbonyl (C=O) groups excluding carboxylic acids is 2. The zero-order chi connectivity index (χ0) is 27.6. The molecule has 0 fully saturated rings. The molecule has 198 valence electrons. The highest BCUT2D eigenvalue weighted by Crippen LogP contribution is 2.33. The number of aromatic nitrogens is 1. The van der Waals surface area contributed by atoms with Crippen molar-refractivity contribution in [2.75, 3.05) is 0 Å². The van der Waals surface area contributed by atoms with Gasteiger partial charge in [0.25, 0.3) is 0 Å². The number of nitrogens with zero attached hydrogens (tertiary/aromatic N) is 1. The first kappa shape index (κ1) is 28.4. The van der Waals surface area contributed by atoms with Crippen molar-refractivity contribution in [2.45, 2.75) is 71.8 Å². The quantitative estimate of drug-likeness (QED) is 0.222. The number of benzene rings is 2. The third kappa shape index (κ3) is 7.64. The number of alkyl halides is 3. The van der Waals surface area contributed by atoms with Crippen molar-refractivity contribution in [3.8, 4) is 16.3 Å². The average Bonchev–Trinajstić information content (AvgIpc) is 3.18. The summed E-state index contributed by atoms with van der Waals surface area (Å²) >= 11 is 1.18. The van der Waals surface area contributed by atoms with Gasteiger partial charge in [-0.15, -0.1) is 11.3 Å². The van der Waals surface area contributed by atoms with E-state index in [0.717, 1.165) is 17.7 Å². The number of thiazole rings is 1. The summed E-state index contributed by atoms with van der Waals surface area (Å²) in [6.07, 6.45) is -3.67. The lowest BCUT2D eigenvalue weighted by Gasteiger charge is -2.29. The van der Waals surface area contributed by atoms with Crippen LogP contribution in [0.4, 0.5) is 13.2 Å². The standard InChI is InChI=1S/C28H30F3NO4S/c1-17-23(37-24(32-17)19-10-12-20(13-11-19)28(29,30)31)22(33)16-9-18-7-14-21(15-8-18)35-27(5,6)25(34)36-26(2,3)4/h7-8,10-15H,9,16H2,1-6H3. The normalized spacial score (nSPS) is 12.4. The number of hydrogen-bond donors (Lipinski definition) is 0. The summed E-state index contributed by atoms with van der Waals surface area (Å²) in [6.45, 7) is 10.4. The molecule has 0 atom stereocenters. The van der Waals surface area contributed by atoms with Gasteiger partial charge in [0.05, 0.1) is 16.1 Å². The van der Waals surface area contributed by atoms with Crippen LogP contribution in [0.15, 0.2) is 48.5 Å².